The van der Waals surface area contributed by atoms with Gasteiger partial charge < -0.3 is 5.32 Å². The fourth-order valence-corrected chi connectivity index (χ4v) is 3.36. The van der Waals surface area contributed by atoms with Crippen molar-refractivity contribution in [3.63, 3.8) is 0 Å². The Labute approximate surface area is 124 Å². The van der Waals surface area contributed by atoms with Gasteiger partial charge in [0.1, 0.15) is 0 Å². The first kappa shape index (κ1) is 15.5. The van der Waals surface area contributed by atoms with Crippen LogP contribution in [0.15, 0.2) is 18.3 Å². The summed E-state index contributed by atoms with van der Waals surface area (Å²) in [7, 11) is 0. The van der Waals surface area contributed by atoms with Crippen LogP contribution in [0, 0.1) is 18.8 Å². The first-order valence-corrected chi connectivity index (χ1v) is 8.34. The average molecular weight is 274 g/mol. The van der Waals surface area contributed by atoms with Gasteiger partial charge in [-0.1, -0.05) is 32.8 Å². The largest absolute Gasteiger partial charge is 0.313 e. The summed E-state index contributed by atoms with van der Waals surface area (Å²) >= 11 is 0. The number of nitrogens with zero attached hydrogens (tertiary/aromatic N) is 1. The van der Waals surface area contributed by atoms with Gasteiger partial charge >= 0.3 is 0 Å². The summed E-state index contributed by atoms with van der Waals surface area (Å²) in [6.07, 6.45) is 9.80. The highest BCUT2D eigenvalue weighted by molar-refractivity contribution is 5.18. The Balaban J connectivity index is 2.01. The van der Waals surface area contributed by atoms with Gasteiger partial charge in [0, 0.05) is 24.4 Å². The second-order valence-electron chi connectivity index (χ2n) is 6.55. The minimum atomic E-state index is 0.607. The zero-order valence-electron chi connectivity index (χ0n) is 13.4. The molecule has 1 unspecified atom stereocenters. The summed E-state index contributed by atoms with van der Waals surface area (Å²) in [5.41, 5.74) is 2.61. The van der Waals surface area contributed by atoms with E-state index < -0.39 is 0 Å². The molecule has 0 bridgehead atoms. The first-order chi connectivity index (χ1) is 9.70. The van der Waals surface area contributed by atoms with E-state index in [1.807, 2.05) is 12.3 Å². The van der Waals surface area contributed by atoms with Gasteiger partial charge in [-0.2, -0.15) is 0 Å². The molecule has 0 radical (unpaired) electrons. The van der Waals surface area contributed by atoms with Crippen molar-refractivity contribution in [3.05, 3.63) is 29.6 Å². The number of nitrogens with one attached hydrogen (secondary N) is 1. The zero-order chi connectivity index (χ0) is 14.4. The first-order valence-electron chi connectivity index (χ1n) is 8.34. The monoisotopic (exact) mass is 274 g/mol. The second kappa shape index (κ2) is 7.78. The highest BCUT2D eigenvalue weighted by Gasteiger charge is 2.26. The van der Waals surface area contributed by atoms with E-state index in [2.05, 4.69) is 37.1 Å². The number of hydrogen-bond donors (Lipinski definition) is 1. The molecule has 1 fully saturated rings. The molecule has 2 nitrogen and oxygen atoms in total. The van der Waals surface area contributed by atoms with Crippen molar-refractivity contribution in [3.8, 4) is 0 Å². The van der Waals surface area contributed by atoms with Gasteiger partial charge in [0.25, 0.3) is 0 Å². The molecule has 0 aromatic carbocycles. The van der Waals surface area contributed by atoms with Crippen molar-refractivity contribution < 1.29 is 0 Å². The minimum absolute atomic E-state index is 0.607. The Bertz CT molecular complexity index is 394. The van der Waals surface area contributed by atoms with Crippen LogP contribution in [-0.4, -0.2) is 17.6 Å². The highest BCUT2D eigenvalue weighted by atomic mass is 14.9. The highest BCUT2D eigenvalue weighted by Crippen LogP contribution is 2.31. The van der Waals surface area contributed by atoms with E-state index >= 15 is 0 Å². The van der Waals surface area contributed by atoms with E-state index in [0.29, 0.717) is 6.04 Å². The molecule has 1 atom stereocenters. The molecule has 1 heterocycles. The van der Waals surface area contributed by atoms with E-state index in [1.54, 1.807) is 0 Å². The van der Waals surface area contributed by atoms with Crippen molar-refractivity contribution in [2.24, 2.45) is 11.8 Å². The van der Waals surface area contributed by atoms with Crippen molar-refractivity contribution >= 4 is 0 Å². The van der Waals surface area contributed by atoms with Crippen LogP contribution >= 0.6 is 0 Å². The lowest BCUT2D eigenvalue weighted by Crippen LogP contribution is -2.40. The predicted octanol–water partition coefficient (Wildman–Crippen LogP) is 4.13. The fraction of sp³-hybridized carbons (Fsp3) is 0.722. The Hall–Kier alpha value is -0.890. The predicted molar refractivity (Wildman–Crippen MR) is 85.9 cm³/mol. The van der Waals surface area contributed by atoms with E-state index in [-0.39, 0.29) is 0 Å². The van der Waals surface area contributed by atoms with Crippen LogP contribution in [0.25, 0.3) is 0 Å². The van der Waals surface area contributed by atoms with E-state index in [9.17, 15) is 0 Å². The smallest absolute Gasteiger partial charge is 0.0448 e. The Morgan fingerprint density at radius 2 is 2.05 bits per heavy atom. The molecule has 0 amide bonds. The van der Waals surface area contributed by atoms with Crippen molar-refractivity contribution in [1.82, 2.24) is 10.3 Å². The van der Waals surface area contributed by atoms with Crippen LogP contribution in [0.1, 0.15) is 57.2 Å². The summed E-state index contributed by atoms with van der Waals surface area (Å²) in [4.78, 5) is 4.60. The molecular formula is C18H30N2. The average Bonchev–Trinajstić information content (AvgIpc) is 2.46. The molecule has 0 aliphatic heterocycles. The summed E-state index contributed by atoms with van der Waals surface area (Å²) < 4.78 is 0. The number of hydrogen-bond acceptors (Lipinski definition) is 2. The molecule has 1 aromatic rings. The topological polar surface area (TPSA) is 24.9 Å². The van der Waals surface area contributed by atoms with Crippen molar-refractivity contribution in [1.29, 1.82) is 0 Å². The third kappa shape index (κ3) is 4.31. The van der Waals surface area contributed by atoms with Crippen LogP contribution in [0.5, 0.6) is 0 Å². The summed E-state index contributed by atoms with van der Waals surface area (Å²) in [5.74, 6) is 1.76. The van der Waals surface area contributed by atoms with Crippen molar-refractivity contribution in [2.75, 3.05) is 6.54 Å². The van der Waals surface area contributed by atoms with Gasteiger partial charge in [0.2, 0.25) is 0 Å². The fourth-order valence-electron chi connectivity index (χ4n) is 3.36. The molecule has 1 aliphatic carbocycles. The van der Waals surface area contributed by atoms with Crippen LogP contribution in [0.2, 0.25) is 0 Å². The molecule has 1 aromatic heterocycles. The lowest BCUT2D eigenvalue weighted by molar-refractivity contribution is 0.228. The summed E-state index contributed by atoms with van der Waals surface area (Å²) in [5, 5.41) is 3.79. The zero-order valence-corrected chi connectivity index (χ0v) is 13.4. The second-order valence-corrected chi connectivity index (χ2v) is 6.55. The normalized spacial score (nSPS) is 24.6. The number of rotatable bonds is 6. The Kier molecular flexibility index (Phi) is 6.03. The standard InChI is InChI=1S/C18H30N2/c1-4-11-19-18(16-9-7-14(2)8-10-16)13-17-15(3)6-5-12-20-17/h5-6,12,14,16,18-19H,4,7-11,13H2,1-3H3. The maximum atomic E-state index is 4.60. The van der Waals surface area contributed by atoms with Gasteiger partial charge in [0.05, 0.1) is 0 Å². The number of pyridine rings is 1. The van der Waals surface area contributed by atoms with Crippen LogP contribution < -0.4 is 5.32 Å². The van der Waals surface area contributed by atoms with E-state index in [4.69, 9.17) is 0 Å². The third-order valence-electron chi connectivity index (χ3n) is 4.82. The number of aryl methyl sites for hydroxylation is 1. The molecule has 20 heavy (non-hydrogen) atoms. The molecule has 2 rings (SSSR count). The molecule has 1 saturated carbocycles. The summed E-state index contributed by atoms with van der Waals surface area (Å²) in [6, 6.07) is 4.83. The van der Waals surface area contributed by atoms with Gasteiger partial charge in [-0.25, -0.2) is 0 Å². The number of aromatic nitrogens is 1. The maximum Gasteiger partial charge on any atom is 0.0448 e. The molecule has 0 spiro atoms. The Morgan fingerprint density at radius 3 is 2.70 bits per heavy atom. The third-order valence-corrected chi connectivity index (χ3v) is 4.82. The van der Waals surface area contributed by atoms with Gasteiger partial charge in [-0.05, 0) is 56.2 Å². The molecule has 1 N–H and O–H groups in total. The quantitative estimate of drug-likeness (QED) is 0.844. The molecule has 2 heteroatoms. The molecule has 112 valence electrons. The van der Waals surface area contributed by atoms with Crippen molar-refractivity contribution in [2.45, 2.75) is 65.3 Å². The SMILES string of the molecule is CCCNC(Cc1ncccc1C)C1CCC(C)CC1. The lowest BCUT2D eigenvalue weighted by atomic mass is 9.78. The Morgan fingerprint density at radius 1 is 1.30 bits per heavy atom. The lowest BCUT2D eigenvalue weighted by Gasteiger charge is -2.33. The summed E-state index contributed by atoms with van der Waals surface area (Å²) in [6.45, 7) is 7.96. The molecule has 0 saturated heterocycles. The molecular weight excluding hydrogens is 244 g/mol. The van der Waals surface area contributed by atoms with Gasteiger partial charge in [0.15, 0.2) is 0 Å². The van der Waals surface area contributed by atoms with Gasteiger partial charge in [-0.15, -0.1) is 0 Å². The van der Waals surface area contributed by atoms with Crippen LogP contribution in [-0.2, 0) is 6.42 Å². The van der Waals surface area contributed by atoms with E-state index in [1.165, 1.54) is 43.4 Å². The van der Waals surface area contributed by atoms with E-state index in [0.717, 1.165) is 24.8 Å². The molecule has 1 aliphatic rings. The van der Waals surface area contributed by atoms with Crippen LogP contribution in [0.4, 0.5) is 0 Å². The van der Waals surface area contributed by atoms with Gasteiger partial charge in [-0.3, -0.25) is 4.98 Å². The maximum absolute atomic E-state index is 4.60. The van der Waals surface area contributed by atoms with Crippen LogP contribution in [0.3, 0.4) is 0 Å². The minimum Gasteiger partial charge on any atom is -0.313 e.